The molecule has 0 radical (unpaired) electrons. The number of carbonyl (C=O) groups is 2. The van der Waals surface area contributed by atoms with Crippen LogP contribution in [-0.2, 0) is 16.1 Å². The summed E-state index contributed by atoms with van der Waals surface area (Å²) in [6.07, 6.45) is 10.3. The van der Waals surface area contributed by atoms with Gasteiger partial charge in [0.2, 0.25) is 11.8 Å². The van der Waals surface area contributed by atoms with Gasteiger partial charge < -0.3 is 15.3 Å². The van der Waals surface area contributed by atoms with E-state index in [9.17, 15) is 14.7 Å². The number of benzene rings is 2. The molecule has 5 rings (SSSR count). The molecule has 1 spiro atoms. The van der Waals surface area contributed by atoms with Crippen LogP contribution in [0.3, 0.4) is 0 Å². The number of hydrogen-bond acceptors (Lipinski definition) is 4. The largest absolute Gasteiger partial charge is 0.508 e. The van der Waals surface area contributed by atoms with Gasteiger partial charge in [-0.25, -0.2) is 0 Å². The predicted molar refractivity (Wildman–Crippen MR) is 158 cm³/mol. The van der Waals surface area contributed by atoms with Gasteiger partial charge in [-0.1, -0.05) is 75.8 Å². The van der Waals surface area contributed by atoms with Gasteiger partial charge in [0.1, 0.15) is 17.3 Å². The summed E-state index contributed by atoms with van der Waals surface area (Å²) in [4.78, 5) is 31.9. The lowest BCUT2D eigenvalue weighted by atomic mass is 9.79. The number of piperazine rings is 1. The fraction of sp³-hybridized carbons (Fsp3) is 0.562. The first-order valence-corrected chi connectivity index (χ1v) is 14.7. The molecule has 0 unspecified atom stereocenters. The van der Waals surface area contributed by atoms with Gasteiger partial charge >= 0.3 is 0 Å². The van der Waals surface area contributed by atoms with E-state index in [2.05, 4.69) is 41.4 Å². The molecule has 2 amide bonds. The lowest BCUT2D eigenvalue weighted by Crippen LogP contribution is -2.73. The number of carbonyl (C=O) groups excluding carboxylic acids is 2. The highest BCUT2D eigenvalue weighted by Crippen LogP contribution is 2.36. The van der Waals surface area contributed by atoms with E-state index in [4.69, 9.17) is 0 Å². The fourth-order valence-electron chi connectivity index (χ4n) is 6.77. The molecule has 2 heterocycles. The minimum atomic E-state index is -0.709. The third-order valence-corrected chi connectivity index (χ3v) is 9.05. The number of halogens is 1. The molecule has 2 aliphatic heterocycles. The molecule has 212 valence electrons. The van der Waals surface area contributed by atoms with Crippen LogP contribution in [0.4, 0.5) is 0 Å². The Balaban J connectivity index is 0.00000353. The second kappa shape index (κ2) is 13.2. The minimum absolute atomic E-state index is 0. The van der Waals surface area contributed by atoms with Crippen LogP contribution in [0, 0.1) is 5.92 Å². The molecule has 0 bridgehead atoms. The maximum Gasteiger partial charge on any atom is 0.246 e. The first-order chi connectivity index (χ1) is 18.5. The molecule has 39 heavy (non-hydrogen) atoms. The molecule has 1 aliphatic carbocycles. The summed E-state index contributed by atoms with van der Waals surface area (Å²) in [6, 6.07) is 15.5. The van der Waals surface area contributed by atoms with Crippen LogP contribution in [-0.4, -0.2) is 57.9 Å². The Labute approximate surface area is 239 Å². The number of likely N-dealkylation sites (tertiary alicyclic amines) is 1. The molecule has 7 heteroatoms. The fourth-order valence-corrected chi connectivity index (χ4v) is 6.77. The van der Waals surface area contributed by atoms with Crippen molar-refractivity contribution in [2.45, 2.75) is 89.3 Å². The average molecular weight is 554 g/mol. The predicted octanol–water partition coefficient (Wildman–Crippen LogP) is 5.91. The SMILES string of the molecule is CCCCN1C(=O)[C@H](CC2CCCCC2)NC(=O)C12CCN(Cc1cccc(-c3ccc(O)cc3)c1)CC2.Cl. The molecule has 1 saturated carbocycles. The Morgan fingerprint density at radius 3 is 2.38 bits per heavy atom. The van der Waals surface area contributed by atoms with Gasteiger partial charge in [0.15, 0.2) is 0 Å². The van der Waals surface area contributed by atoms with Gasteiger partial charge in [-0.3, -0.25) is 14.5 Å². The third kappa shape index (κ3) is 6.60. The molecule has 1 atom stereocenters. The van der Waals surface area contributed by atoms with E-state index in [0.717, 1.165) is 50.0 Å². The summed E-state index contributed by atoms with van der Waals surface area (Å²) >= 11 is 0. The Morgan fingerprint density at radius 2 is 1.69 bits per heavy atom. The van der Waals surface area contributed by atoms with Crippen molar-refractivity contribution in [2.24, 2.45) is 5.92 Å². The quantitative estimate of drug-likeness (QED) is 0.426. The highest BCUT2D eigenvalue weighted by atomic mass is 35.5. The van der Waals surface area contributed by atoms with Crippen LogP contribution in [0.1, 0.15) is 76.7 Å². The van der Waals surface area contributed by atoms with Crippen molar-refractivity contribution in [3.63, 3.8) is 0 Å². The Bertz CT molecular complexity index is 1110. The number of piperidine rings is 1. The Morgan fingerprint density at radius 1 is 0.974 bits per heavy atom. The number of nitrogens with zero attached hydrogens (tertiary/aromatic N) is 2. The van der Waals surface area contributed by atoms with Crippen molar-refractivity contribution in [3.8, 4) is 16.9 Å². The molecule has 3 fully saturated rings. The summed E-state index contributed by atoms with van der Waals surface area (Å²) in [7, 11) is 0. The van der Waals surface area contributed by atoms with Gasteiger partial charge in [0.05, 0.1) is 0 Å². The van der Waals surface area contributed by atoms with E-state index in [1.807, 2.05) is 17.0 Å². The molecule has 2 N–H and O–H groups in total. The molecular weight excluding hydrogens is 510 g/mol. The zero-order chi connectivity index (χ0) is 26.5. The van der Waals surface area contributed by atoms with E-state index in [1.54, 1.807) is 12.1 Å². The van der Waals surface area contributed by atoms with Crippen LogP contribution in [0.15, 0.2) is 48.5 Å². The molecule has 0 aromatic heterocycles. The van der Waals surface area contributed by atoms with Crippen LogP contribution >= 0.6 is 12.4 Å². The Hall–Kier alpha value is -2.57. The number of rotatable bonds is 8. The highest BCUT2D eigenvalue weighted by molar-refractivity contribution is 6.00. The topological polar surface area (TPSA) is 72.9 Å². The average Bonchev–Trinajstić information content (AvgIpc) is 2.94. The molecular formula is C32H44ClN3O3. The van der Waals surface area contributed by atoms with Gasteiger partial charge in [-0.2, -0.15) is 0 Å². The minimum Gasteiger partial charge on any atom is -0.508 e. The molecule has 2 aromatic carbocycles. The van der Waals surface area contributed by atoms with Crippen molar-refractivity contribution >= 4 is 24.2 Å². The number of unbranched alkanes of at least 4 members (excludes halogenated alkanes) is 1. The number of phenolic OH excluding ortho intramolecular Hbond substituents is 1. The number of aromatic hydroxyl groups is 1. The summed E-state index contributed by atoms with van der Waals surface area (Å²) in [5.74, 6) is 1.05. The third-order valence-electron chi connectivity index (χ3n) is 9.05. The van der Waals surface area contributed by atoms with Crippen LogP contribution in [0.5, 0.6) is 5.75 Å². The van der Waals surface area contributed by atoms with Crippen LogP contribution in [0.2, 0.25) is 0 Å². The number of nitrogens with one attached hydrogen (secondary N) is 1. The van der Waals surface area contributed by atoms with E-state index in [-0.39, 0.29) is 36.0 Å². The van der Waals surface area contributed by atoms with Gasteiger partial charge in [0, 0.05) is 26.2 Å². The Kier molecular flexibility index (Phi) is 9.95. The molecule has 2 aromatic rings. The zero-order valence-corrected chi connectivity index (χ0v) is 24.1. The number of hydrogen-bond donors (Lipinski definition) is 2. The van der Waals surface area contributed by atoms with Crippen LogP contribution in [0.25, 0.3) is 11.1 Å². The number of amides is 2. The summed E-state index contributed by atoms with van der Waals surface area (Å²) in [5, 5.41) is 12.8. The smallest absolute Gasteiger partial charge is 0.246 e. The van der Waals surface area contributed by atoms with E-state index < -0.39 is 5.54 Å². The highest BCUT2D eigenvalue weighted by Gasteiger charge is 2.53. The van der Waals surface area contributed by atoms with Gasteiger partial charge in [-0.15, -0.1) is 12.4 Å². The summed E-state index contributed by atoms with van der Waals surface area (Å²) in [5.41, 5.74) is 2.72. The van der Waals surface area contributed by atoms with Gasteiger partial charge in [0.25, 0.3) is 0 Å². The maximum absolute atomic E-state index is 13.8. The molecule has 3 aliphatic rings. The first-order valence-electron chi connectivity index (χ1n) is 14.7. The summed E-state index contributed by atoms with van der Waals surface area (Å²) in [6.45, 7) is 5.23. The lowest BCUT2D eigenvalue weighted by Gasteiger charge is -2.52. The van der Waals surface area contributed by atoms with Crippen LogP contribution < -0.4 is 5.32 Å². The maximum atomic E-state index is 13.8. The normalized spacial score (nSPS) is 22.0. The number of phenols is 1. The van der Waals surface area contributed by atoms with Crippen molar-refractivity contribution in [2.75, 3.05) is 19.6 Å². The van der Waals surface area contributed by atoms with E-state index in [1.165, 1.54) is 37.7 Å². The van der Waals surface area contributed by atoms with Crippen molar-refractivity contribution in [1.82, 2.24) is 15.1 Å². The summed E-state index contributed by atoms with van der Waals surface area (Å²) < 4.78 is 0. The van der Waals surface area contributed by atoms with Gasteiger partial charge in [-0.05, 0) is 66.5 Å². The van der Waals surface area contributed by atoms with E-state index >= 15 is 0 Å². The van der Waals surface area contributed by atoms with Crippen molar-refractivity contribution < 1.29 is 14.7 Å². The monoisotopic (exact) mass is 553 g/mol. The standard InChI is InChI=1S/C32H43N3O3.ClH/c1-2-3-18-35-30(37)29(22-24-8-5-4-6-9-24)33-31(38)32(35)16-19-34(20-17-32)23-25-10-7-11-27(21-25)26-12-14-28(36)15-13-26;/h7,10-15,21,24,29,36H,2-6,8-9,16-20,22-23H2,1H3,(H,33,38);1H/t29-;/m0./s1. The zero-order valence-electron chi connectivity index (χ0n) is 23.2. The van der Waals surface area contributed by atoms with E-state index in [0.29, 0.717) is 25.3 Å². The second-order valence-corrected chi connectivity index (χ2v) is 11.7. The molecule has 6 nitrogen and oxygen atoms in total. The lowest BCUT2D eigenvalue weighted by molar-refractivity contribution is -0.162. The van der Waals surface area contributed by atoms with Crippen molar-refractivity contribution in [1.29, 1.82) is 0 Å². The van der Waals surface area contributed by atoms with Crippen molar-refractivity contribution in [3.05, 3.63) is 54.1 Å². The second-order valence-electron chi connectivity index (χ2n) is 11.7. The molecule has 2 saturated heterocycles. The first kappa shape index (κ1) is 29.4.